The molecule has 186 valence electrons. The van der Waals surface area contributed by atoms with E-state index in [-0.39, 0.29) is 42.4 Å². The first kappa shape index (κ1) is 26.0. The number of fused-ring (bicyclic) bond motifs is 1. The third-order valence-corrected chi connectivity index (χ3v) is 7.85. The molecule has 0 unspecified atom stereocenters. The molecule has 3 aromatic carbocycles. The van der Waals surface area contributed by atoms with Crippen molar-refractivity contribution in [2.24, 2.45) is 0 Å². The summed E-state index contributed by atoms with van der Waals surface area (Å²) >= 11 is 3.53. The van der Waals surface area contributed by atoms with Gasteiger partial charge >= 0.3 is 0 Å². The normalized spacial score (nSPS) is 13.5. The van der Waals surface area contributed by atoms with Crippen LogP contribution in [0.2, 0.25) is 0 Å². The van der Waals surface area contributed by atoms with Crippen molar-refractivity contribution in [3.05, 3.63) is 105 Å². The van der Waals surface area contributed by atoms with Crippen LogP contribution in [0, 0.1) is 0 Å². The van der Waals surface area contributed by atoms with Gasteiger partial charge in [-0.05, 0) is 53.1 Å². The average molecular weight is 569 g/mol. The highest BCUT2D eigenvalue weighted by atomic mass is 79.9. The van der Waals surface area contributed by atoms with Crippen LogP contribution in [0.3, 0.4) is 0 Å². The minimum absolute atomic E-state index is 0.0216. The second-order valence-corrected chi connectivity index (χ2v) is 10.9. The van der Waals surface area contributed by atoms with Gasteiger partial charge in [0.2, 0.25) is 10.0 Å². The fraction of sp³-hybridized carbons (Fsp3) is 0.185. The van der Waals surface area contributed by atoms with Crippen LogP contribution in [-0.2, 0) is 21.4 Å². The van der Waals surface area contributed by atoms with E-state index in [9.17, 15) is 18.0 Å². The third-order valence-electron chi connectivity index (χ3n) is 5.88. The van der Waals surface area contributed by atoms with Crippen molar-refractivity contribution < 1.29 is 23.1 Å². The molecule has 0 aliphatic carbocycles. The number of halogens is 1. The molecule has 9 heteroatoms. The zero-order chi connectivity index (χ0) is 25.9. The summed E-state index contributed by atoms with van der Waals surface area (Å²) in [6, 6.07) is 20.8. The number of rotatable bonds is 8. The lowest BCUT2D eigenvalue weighted by Gasteiger charge is -2.33. The molecule has 1 heterocycles. The van der Waals surface area contributed by atoms with Gasteiger partial charge in [-0.25, -0.2) is 13.1 Å². The summed E-state index contributed by atoms with van der Waals surface area (Å²) in [6.07, 6.45) is 0.215. The highest BCUT2D eigenvalue weighted by molar-refractivity contribution is 9.10. The summed E-state index contributed by atoms with van der Waals surface area (Å²) in [4.78, 5) is 28.5. The SMILES string of the molecule is CCC(=O)C1=C(c2ccccc2)c2cc(Br)ccc2CN1C(=O)c1ccc(S(=O)(=O)NCCO)cc1. The summed E-state index contributed by atoms with van der Waals surface area (Å²) in [5.74, 6) is -0.568. The van der Waals surface area contributed by atoms with Crippen LogP contribution in [-0.4, -0.2) is 43.3 Å². The van der Waals surface area contributed by atoms with Gasteiger partial charge in [0.1, 0.15) is 0 Å². The molecule has 1 aliphatic heterocycles. The Kier molecular flexibility index (Phi) is 7.85. The molecular formula is C27H25BrN2O5S. The number of hydrogen-bond acceptors (Lipinski definition) is 5. The number of amides is 1. The van der Waals surface area contributed by atoms with Crippen LogP contribution < -0.4 is 4.72 Å². The number of hydrogen-bond donors (Lipinski definition) is 2. The fourth-order valence-electron chi connectivity index (χ4n) is 4.15. The van der Waals surface area contributed by atoms with E-state index in [1.807, 2.05) is 48.5 Å². The fourth-order valence-corrected chi connectivity index (χ4v) is 5.54. The van der Waals surface area contributed by atoms with Crippen molar-refractivity contribution in [1.29, 1.82) is 0 Å². The molecule has 4 rings (SSSR count). The van der Waals surface area contributed by atoms with E-state index in [1.165, 1.54) is 29.2 Å². The van der Waals surface area contributed by atoms with E-state index in [2.05, 4.69) is 20.7 Å². The molecule has 1 amide bonds. The predicted molar refractivity (Wildman–Crippen MR) is 140 cm³/mol. The molecule has 3 aromatic rings. The maximum atomic E-state index is 13.7. The van der Waals surface area contributed by atoms with E-state index >= 15 is 0 Å². The Balaban J connectivity index is 1.82. The number of aliphatic hydroxyl groups excluding tert-OH is 1. The third kappa shape index (κ3) is 5.19. The minimum atomic E-state index is -3.81. The summed E-state index contributed by atoms with van der Waals surface area (Å²) in [7, 11) is -3.81. The summed E-state index contributed by atoms with van der Waals surface area (Å²) in [5, 5.41) is 8.90. The number of Topliss-reactive ketones (excluding diaryl/α,β-unsaturated/α-hetero) is 1. The lowest BCUT2D eigenvalue weighted by atomic mass is 9.86. The van der Waals surface area contributed by atoms with Crippen molar-refractivity contribution in [2.75, 3.05) is 13.2 Å². The lowest BCUT2D eigenvalue weighted by Crippen LogP contribution is -2.37. The van der Waals surface area contributed by atoms with Gasteiger partial charge in [-0.2, -0.15) is 0 Å². The van der Waals surface area contributed by atoms with Crippen LogP contribution in [0.1, 0.15) is 40.4 Å². The number of benzene rings is 3. The largest absolute Gasteiger partial charge is 0.395 e. The van der Waals surface area contributed by atoms with Gasteiger partial charge in [-0.3, -0.25) is 14.5 Å². The monoisotopic (exact) mass is 568 g/mol. The Morgan fingerprint density at radius 1 is 1.03 bits per heavy atom. The minimum Gasteiger partial charge on any atom is -0.395 e. The number of ketones is 1. The molecule has 7 nitrogen and oxygen atoms in total. The van der Waals surface area contributed by atoms with Crippen molar-refractivity contribution >= 4 is 43.2 Å². The van der Waals surface area contributed by atoms with Crippen LogP contribution in [0.25, 0.3) is 5.57 Å². The van der Waals surface area contributed by atoms with E-state index in [4.69, 9.17) is 5.11 Å². The first-order valence-electron chi connectivity index (χ1n) is 11.4. The number of allylic oxidation sites excluding steroid dienone is 1. The van der Waals surface area contributed by atoms with Gasteiger partial charge in [0.05, 0.1) is 23.7 Å². The summed E-state index contributed by atoms with van der Waals surface area (Å²) < 4.78 is 27.8. The molecule has 1 aliphatic rings. The standard InChI is InChI=1S/C27H25BrN2O5S/c1-2-24(32)26-25(18-6-4-3-5-7-18)23-16-21(28)11-8-20(23)17-30(26)27(33)19-9-12-22(13-10-19)36(34,35)29-14-15-31/h3-13,16,29,31H,2,14-15,17H2,1H3. The van der Waals surface area contributed by atoms with E-state index < -0.39 is 15.9 Å². The highest BCUT2D eigenvalue weighted by Gasteiger charge is 2.33. The lowest BCUT2D eigenvalue weighted by molar-refractivity contribution is -0.116. The Labute approximate surface area is 218 Å². The number of carbonyl (C=O) groups excluding carboxylic acids is 2. The zero-order valence-electron chi connectivity index (χ0n) is 19.6. The van der Waals surface area contributed by atoms with Gasteiger partial charge in [0, 0.05) is 28.6 Å². The molecule has 0 saturated heterocycles. The van der Waals surface area contributed by atoms with Gasteiger partial charge in [-0.1, -0.05) is 59.3 Å². The Morgan fingerprint density at radius 2 is 1.72 bits per heavy atom. The molecule has 0 radical (unpaired) electrons. The highest BCUT2D eigenvalue weighted by Crippen LogP contribution is 2.39. The Hall–Kier alpha value is -3.11. The number of aliphatic hydroxyl groups is 1. The van der Waals surface area contributed by atoms with Crippen LogP contribution >= 0.6 is 15.9 Å². The van der Waals surface area contributed by atoms with Gasteiger partial charge in [0.25, 0.3) is 5.91 Å². The topological polar surface area (TPSA) is 104 Å². The molecule has 0 saturated carbocycles. The van der Waals surface area contributed by atoms with Crippen molar-refractivity contribution in [1.82, 2.24) is 9.62 Å². The van der Waals surface area contributed by atoms with Crippen LogP contribution in [0.4, 0.5) is 0 Å². The molecule has 2 N–H and O–H groups in total. The number of nitrogens with zero attached hydrogens (tertiary/aromatic N) is 1. The van der Waals surface area contributed by atoms with E-state index in [0.29, 0.717) is 11.3 Å². The van der Waals surface area contributed by atoms with Crippen LogP contribution in [0.15, 0.2) is 87.9 Å². The van der Waals surface area contributed by atoms with Crippen molar-refractivity contribution in [2.45, 2.75) is 24.8 Å². The van der Waals surface area contributed by atoms with Crippen molar-refractivity contribution in [3.63, 3.8) is 0 Å². The van der Waals surface area contributed by atoms with Gasteiger partial charge in [-0.15, -0.1) is 0 Å². The van der Waals surface area contributed by atoms with E-state index in [0.717, 1.165) is 21.2 Å². The molecular weight excluding hydrogens is 544 g/mol. The predicted octanol–water partition coefficient (Wildman–Crippen LogP) is 4.11. The number of nitrogens with one attached hydrogen (secondary N) is 1. The molecule has 0 atom stereocenters. The second-order valence-electron chi connectivity index (χ2n) is 8.20. The quantitative estimate of drug-likeness (QED) is 0.425. The summed E-state index contributed by atoms with van der Waals surface area (Å²) in [5.41, 5.74) is 3.86. The smallest absolute Gasteiger partial charge is 0.258 e. The second kappa shape index (κ2) is 10.9. The zero-order valence-corrected chi connectivity index (χ0v) is 22.0. The molecule has 0 spiro atoms. The number of sulfonamides is 1. The summed E-state index contributed by atoms with van der Waals surface area (Å²) in [6.45, 7) is 1.53. The Morgan fingerprint density at radius 3 is 2.36 bits per heavy atom. The van der Waals surface area contributed by atoms with Gasteiger partial charge in [0.15, 0.2) is 5.78 Å². The van der Waals surface area contributed by atoms with E-state index in [1.54, 1.807) is 6.92 Å². The number of carbonyl (C=O) groups is 2. The van der Waals surface area contributed by atoms with Gasteiger partial charge < -0.3 is 5.11 Å². The Bertz CT molecular complexity index is 1430. The first-order valence-corrected chi connectivity index (χ1v) is 13.7. The maximum absolute atomic E-state index is 13.7. The molecule has 0 bridgehead atoms. The molecule has 0 fully saturated rings. The van der Waals surface area contributed by atoms with Crippen LogP contribution in [0.5, 0.6) is 0 Å². The average Bonchev–Trinajstić information content (AvgIpc) is 2.90. The van der Waals surface area contributed by atoms with Crippen molar-refractivity contribution in [3.8, 4) is 0 Å². The maximum Gasteiger partial charge on any atom is 0.258 e. The first-order chi connectivity index (χ1) is 17.3. The molecule has 0 aromatic heterocycles. The molecule has 36 heavy (non-hydrogen) atoms.